The highest BCUT2D eigenvalue weighted by Crippen LogP contribution is 2.28. The van der Waals surface area contributed by atoms with Crippen LogP contribution in [0.25, 0.3) is 5.69 Å². The van der Waals surface area contributed by atoms with Crippen molar-refractivity contribution in [3.63, 3.8) is 0 Å². The molecule has 5 nitrogen and oxygen atoms in total. The molecule has 0 saturated heterocycles. The lowest BCUT2D eigenvalue weighted by Crippen LogP contribution is -2.29. The van der Waals surface area contributed by atoms with Crippen LogP contribution < -0.4 is 5.32 Å². The predicted molar refractivity (Wildman–Crippen MR) is 89.6 cm³/mol. The van der Waals surface area contributed by atoms with Gasteiger partial charge in [0.05, 0.1) is 23.2 Å². The summed E-state index contributed by atoms with van der Waals surface area (Å²) >= 11 is 0. The number of carbonyl (C=O) groups excluding carboxylic acids is 1. The number of anilines is 1. The maximum Gasteiger partial charge on any atom is 0.227 e. The molecular weight excluding hydrogens is 309 g/mol. The number of aliphatic hydroxyl groups excluding tert-OH is 1. The van der Waals surface area contributed by atoms with Gasteiger partial charge in [0.2, 0.25) is 5.91 Å². The van der Waals surface area contributed by atoms with E-state index in [0.717, 1.165) is 0 Å². The van der Waals surface area contributed by atoms with Gasteiger partial charge in [0, 0.05) is 5.92 Å². The second-order valence-corrected chi connectivity index (χ2v) is 6.40. The van der Waals surface area contributed by atoms with Crippen molar-refractivity contribution < 1.29 is 14.3 Å². The minimum absolute atomic E-state index is 0.0545. The van der Waals surface area contributed by atoms with E-state index >= 15 is 0 Å². The molecule has 1 aromatic carbocycles. The molecule has 3 rings (SSSR count). The summed E-state index contributed by atoms with van der Waals surface area (Å²) in [5, 5.41) is 16.9. The molecule has 1 heterocycles. The van der Waals surface area contributed by atoms with Crippen molar-refractivity contribution in [1.82, 2.24) is 9.78 Å². The van der Waals surface area contributed by atoms with E-state index in [1.54, 1.807) is 25.1 Å². The fourth-order valence-corrected chi connectivity index (χ4v) is 3.24. The molecule has 0 bridgehead atoms. The van der Waals surface area contributed by atoms with Gasteiger partial charge in [0.1, 0.15) is 11.5 Å². The highest BCUT2D eigenvalue weighted by molar-refractivity contribution is 5.93. The molecule has 24 heavy (non-hydrogen) atoms. The van der Waals surface area contributed by atoms with Crippen LogP contribution in [-0.2, 0) is 4.79 Å². The Hall–Kier alpha value is -2.21. The van der Waals surface area contributed by atoms with Gasteiger partial charge in [-0.25, -0.2) is 9.07 Å². The van der Waals surface area contributed by atoms with E-state index < -0.39 is 0 Å². The number of benzene rings is 1. The average Bonchev–Trinajstić information content (AvgIpc) is 2.84. The van der Waals surface area contributed by atoms with Crippen molar-refractivity contribution in [2.45, 2.75) is 45.6 Å². The Morgan fingerprint density at radius 1 is 1.25 bits per heavy atom. The van der Waals surface area contributed by atoms with Gasteiger partial charge < -0.3 is 10.4 Å². The Morgan fingerprint density at radius 2 is 1.92 bits per heavy atom. The smallest absolute Gasteiger partial charge is 0.227 e. The number of aromatic nitrogens is 2. The van der Waals surface area contributed by atoms with Crippen LogP contribution in [0, 0.1) is 25.6 Å². The van der Waals surface area contributed by atoms with Gasteiger partial charge in [-0.3, -0.25) is 4.79 Å². The SMILES string of the molecule is Cc1nn(-c2ccccc2F)c(C)c1NC(=O)C1CCC(O)CC1. The normalized spacial score (nSPS) is 20.8. The summed E-state index contributed by atoms with van der Waals surface area (Å²) in [7, 11) is 0. The number of nitrogens with zero attached hydrogens (tertiary/aromatic N) is 2. The number of para-hydroxylation sites is 1. The number of nitrogens with one attached hydrogen (secondary N) is 1. The molecule has 0 aliphatic heterocycles. The van der Waals surface area contributed by atoms with Crippen LogP contribution in [0.15, 0.2) is 24.3 Å². The minimum atomic E-state index is -0.359. The van der Waals surface area contributed by atoms with E-state index in [4.69, 9.17) is 0 Å². The standard InChI is InChI=1S/C18H22FN3O2/c1-11-17(20-18(24)13-7-9-14(23)10-8-13)12(2)22(21-11)16-6-4-3-5-15(16)19/h3-6,13-14,23H,7-10H2,1-2H3,(H,20,24). The molecule has 1 amide bonds. The first-order valence-corrected chi connectivity index (χ1v) is 8.27. The van der Waals surface area contributed by atoms with Gasteiger partial charge in [-0.2, -0.15) is 5.10 Å². The molecule has 1 aliphatic rings. The van der Waals surface area contributed by atoms with Gasteiger partial charge in [-0.1, -0.05) is 12.1 Å². The monoisotopic (exact) mass is 331 g/mol. The fraction of sp³-hybridized carbons (Fsp3) is 0.444. The third kappa shape index (κ3) is 3.19. The van der Waals surface area contributed by atoms with Crippen LogP contribution in [-0.4, -0.2) is 26.9 Å². The molecule has 1 aromatic heterocycles. The number of rotatable bonds is 3. The van der Waals surface area contributed by atoms with E-state index in [2.05, 4.69) is 10.4 Å². The third-order valence-electron chi connectivity index (χ3n) is 4.69. The lowest BCUT2D eigenvalue weighted by molar-refractivity contribution is -0.121. The van der Waals surface area contributed by atoms with Crippen LogP contribution in [0.5, 0.6) is 0 Å². The lowest BCUT2D eigenvalue weighted by Gasteiger charge is -2.24. The fourth-order valence-electron chi connectivity index (χ4n) is 3.24. The number of aliphatic hydroxyl groups is 1. The maximum atomic E-state index is 14.0. The first-order chi connectivity index (χ1) is 11.5. The second-order valence-electron chi connectivity index (χ2n) is 6.40. The average molecular weight is 331 g/mol. The molecule has 1 saturated carbocycles. The summed E-state index contributed by atoms with van der Waals surface area (Å²) in [5.41, 5.74) is 2.34. The van der Waals surface area contributed by atoms with E-state index in [9.17, 15) is 14.3 Å². The summed E-state index contributed by atoms with van der Waals surface area (Å²) in [6.45, 7) is 3.61. The summed E-state index contributed by atoms with van der Waals surface area (Å²) in [4.78, 5) is 12.5. The van der Waals surface area contributed by atoms with E-state index in [1.165, 1.54) is 10.7 Å². The Bertz CT molecular complexity index is 749. The number of aryl methyl sites for hydroxylation is 1. The van der Waals surface area contributed by atoms with Crippen molar-refractivity contribution in [2.75, 3.05) is 5.32 Å². The van der Waals surface area contributed by atoms with Crippen molar-refractivity contribution in [3.05, 3.63) is 41.5 Å². The van der Waals surface area contributed by atoms with Crippen molar-refractivity contribution in [3.8, 4) is 5.69 Å². The van der Waals surface area contributed by atoms with Crippen LogP contribution in [0.4, 0.5) is 10.1 Å². The summed E-state index contributed by atoms with van der Waals surface area (Å²) in [6, 6.07) is 6.42. The molecule has 0 unspecified atom stereocenters. The van der Waals surface area contributed by atoms with Gasteiger partial charge in [0.25, 0.3) is 0 Å². The molecule has 0 radical (unpaired) electrons. The third-order valence-corrected chi connectivity index (χ3v) is 4.69. The number of halogens is 1. The number of amides is 1. The van der Waals surface area contributed by atoms with Crippen LogP contribution in [0.2, 0.25) is 0 Å². The molecule has 1 fully saturated rings. The molecule has 6 heteroatoms. The quantitative estimate of drug-likeness (QED) is 0.908. The molecule has 1 aliphatic carbocycles. The van der Waals surface area contributed by atoms with Crippen molar-refractivity contribution in [2.24, 2.45) is 5.92 Å². The summed E-state index contributed by atoms with van der Waals surface area (Å²) < 4.78 is 15.5. The van der Waals surface area contributed by atoms with Crippen molar-refractivity contribution in [1.29, 1.82) is 0 Å². The highest BCUT2D eigenvalue weighted by Gasteiger charge is 2.26. The molecule has 2 aromatic rings. The zero-order valence-corrected chi connectivity index (χ0v) is 13.9. The van der Waals surface area contributed by atoms with Gasteiger partial charge in [0.15, 0.2) is 0 Å². The largest absolute Gasteiger partial charge is 0.393 e. The molecule has 0 atom stereocenters. The maximum absolute atomic E-state index is 14.0. The predicted octanol–water partition coefficient (Wildman–Crippen LogP) is 3.12. The number of hydrogen-bond acceptors (Lipinski definition) is 3. The Kier molecular flexibility index (Phi) is 4.66. The lowest BCUT2D eigenvalue weighted by atomic mass is 9.87. The molecule has 2 N–H and O–H groups in total. The molecular formula is C18H22FN3O2. The highest BCUT2D eigenvalue weighted by atomic mass is 19.1. The summed E-state index contributed by atoms with van der Waals surface area (Å²) in [5.74, 6) is -0.507. The zero-order chi connectivity index (χ0) is 17.3. The Balaban J connectivity index is 1.82. The van der Waals surface area contributed by atoms with Gasteiger partial charge >= 0.3 is 0 Å². The first-order valence-electron chi connectivity index (χ1n) is 8.27. The first kappa shape index (κ1) is 16.6. The number of carbonyl (C=O) groups is 1. The summed E-state index contributed by atoms with van der Waals surface area (Å²) in [6.07, 6.45) is 2.40. The van der Waals surface area contributed by atoms with Crippen LogP contribution in [0.3, 0.4) is 0 Å². The van der Waals surface area contributed by atoms with Gasteiger partial charge in [-0.15, -0.1) is 0 Å². The Morgan fingerprint density at radius 3 is 2.58 bits per heavy atom. The van der Waals surface area contributed by atoms with E-state index in [1.807, 2.05) is 6.92 Å². The van der Waals surface area contributed by atoms with Crippen molar-refractivity contribution >= 4 is 11.6 Å². The molecule has 0 spiro atoms. The van der Waals surface area contributed by atoms with E-state index in [-0.39, 0.29) is 23.7 Å². The topological polar surface area (TPSA) is 67.2 Å². The number of hydrogen-bond donors (Lipinski definition) is 2. The van der Waals surface area contributed by atoms with Crippen LogP contribution >= 0.6 is 0 Å². The van der Waals surface area contributed by atoms with Crippen LogP contribution in [0.1, 0.15) is 37.1 Å². The van der Waals surface area contributed by atoms with E-state index in [0.29, 0.717) is 48.4 Å². The minimum Gasteiger partial charge on any atom is -0.393 e. The van der Waals surface area contributed by atoms with Gasteiger partial charge in [-0.05, 0) is 51.7 Å². The second kappa shape index (κ2) is 6.73. The Labute approximate surface area is 140 Å². The molecule has 128 valence electrons. The zero-order valence-electron chi connectivity index (χ0n) is 13.9.